The van der Waals surface area contributed by atoms with E-state index in [0.29, 0.717) is 11.2 Å². The molecule has 0 saturated heterocycles. The summed E-state index contributed by atoms with van der Waals surface area (Å²) in [6, 6.07) is 0.945. The predicted molar refractivity (Wildman–Crippen MR) is 74.0 cm³/mol. The van der Waals surface area contributed by atoms with E-state index < -0.39 is 12.0 Å². The molecule has 2 heterocycles. The van der Waals surface area contributed by atoms with Crippen LogP contribution in [0.15, 0.2) is 18.5 Å². The topological polar surface area (TPSA) is 87.8 Å². The van der Waals surface area contributed by atoms with Crippen molar-refractivity contribution < 1.29 is 14.7 Å². The van der Waals surface area contributed by atoms with E-state index in [9.17, 15) is 14.7 Å². The fourth-order valence-electron chi connectivity index (χ4n) is 2.38. The van der Waals surface area contributed by atoms with E-state index in [-0.39, 0.29) is 11.9 Å². The molecule has 0 aromatic carbocycles. The van der Waals surface area contributed by atoms with E-state index in [0.717, 1.165) is 18.5 Å². The molecule has 1 aliphatic carbocycles. The number of hydrogen-bond donors (Lipinski definition) is 1. The number of carboxylic acid groups (broad SMARTS) is 1. The minimum absolute atomic E-state index is 0.00311. The van der Waals surface area contributed by atoms with Gasteiger partial charge < -0.3 is 10.0 Å². The van der Waals surface area contributed by atoms with Gasteiger partial charge in [-0.2, -0.15) is 5.10 Å². The maximum atomic E-state index is 12.7. The van der Waals surface area contributed by atoms with Crippen molar-refractivity contribution in [3.8, 4) is 0 Å². The molecule has 1 N–H and O–H groups in total. The number of carbonyl (C=O) groups is 2. The first kappa shape index (κ1) is 13.5. The number of rotatable bonds is 4. The Balaban J connectivity index is 2.02. The van der Waals surface area contributed by atoms with Crippen molar-refractivity contribution in [2.24, 2.45) is 0 Å². The molecule has 21 heavy (non-hydrogen) atoms. The zero-order chi connectivity index (χ0) is 15.1. The lowest BCUT2D eigenvalue weighted by Crippen LogP contribution is -2.44. The highest BCUT2D eigenvalue weighted by Gasteiger charge is 2.39. The summed E-state index contributed by atoms with van der Waals surface area (Å²) >= 11 is 0. The average Bonchev–Trinajstić information content (AvgIpc) is 3.17. The van der Waals surface area contributed by atoms with E-state index >= 15 is 0 Å². The molecule has 7 nitrogen and oxygen atoms in total. The van der Waals surface area contributed by atoms with Crippen molar-refractivity contribution in [1.82, 2.24) is 19.5 Å². The SMILES string of the molecule is Cc1ccn2ncc(C(=O)N(C3CC3)C(C)C(=O)O)c2n1. The Morgan fingerprint density at radius 3 is 2.81 bits per heavy atom. The predicted octanol–water partition coefficient (Wildman–Crippen LogP) is 1.12. The zero-order valence-electron chi connectivity index (χ0n) is 11.9. The lowest BCUT2D eigenvalue weighted by Gasteiger charge is -2.25. The van der Waals surface area contributed by atoms with Crippen LogP contribution in [0.3, 0.4) is 0 Å². The standard InChI is InChI=1S/C14H16N4O3/c1-8-5-6-17-12(16-8)11(7-15-17)13(19)18(10-3-4-10)9(2)14(20)21/h5-7,9-10H,3-4H2,1-2H3,(H,20,21). The molecule has 110 valence electrons. The van der Waals surface area contributed by atoms with E-state index in [1.807, 2.05) is 6.92 Å². The summed E-state index contributed by atoms with van der Waals surface area (Å²) in [5, 5.41) is 13.3. The number of aromatic nitrogens is 3. The van der Waals surface area contributed by atoms with Crippen molar-refractivity contribution >= 4 is 17.5 Å². The fourth-order valence-corrected chi connectivity index (χ4v) is 2.38. The van der Waals surface area contributed by atoms with Crippen LogP contribution in [0.2, 0.25) is 0 Å². The van der Waals surface area contributed by atoms with Gasteiger partial charge in [-0.05, 0) is 32.8 Å². The van der Waals surface area contributed by atoms with Gasteiger partial charge in [-0.15, -0.1) is 0 Å². The van der Waals surface area contributed by atoms with Crippen LogP contribution >= 0.6 is 0 Å². The molecular formula is C14H16N4O3. The Labute approximate surface area is 121 Å². The Morgan fingerprint density at radius 1 is 1.48 bits per heavy atom. The summed E-state index contributed by atoms with van der Waals surface area (Å²) < 4.78 is 1.52. The summed E-state index contributed by atoms with van der Waals surface area (Å²) in [6.45, 7) is 3.36. The molecule has 0 radical (unpaired) electrons. The van der Waals surface area contributed by atoms with Crippen LogP contribution in [-0.4, -0.2) is 48.6 Å². The van der Waals surface area contributed by atoms with Gasteiger partial charge in [-0.25, -0.2) is 14.3 Å². The molecule has 0 bridgehead atoms. The minimum Gasteiger partial charge on any atom is -0.480 e. The molecular weight excluding hydrogens is 272 g/mol. The first-order chi connectivity index (χ1) is 9.99. The van der Waals surface area contributed by atoms with Crippen LogP contribution in [0.1, 0.15) is 35.8 Å². The van der Waals surface area contributed by atoms with Crippen molar-refractivity contribution in [3.63, 3.8) is 0 Å². The summed E-state index contributed by atoms with van der Waals surface area (Å²) in [4.78, 5) is 29.7. The third-order valence-electron chi connectivity index (χ3n) is 3.69. The second-order valence-corrected chi connectivity index (χ2v) is 5.35. The fraction of sp³-hybridized carbons (Fsp3) is 0.429. The van der Waals surface area contributed by atoms with Crippen LogP contribution in [-0.2, 0) is 4.79 Å². The quantitative estimate of drug-likeness (QED) is 0.910. The normalized spacial score (nSPS) is 15.9. The van der Waals surface area contributed by atoms with E-state index in [2.05, 4.69) is 10.1 Å². The van der Waals surface area contributed by atoms with Crippen LogP contribution in [0.25, 0.3) is 5.65 Å². The first-order valence-corrected chi connectivity index (χ1v) is 6.85. The molecule has 1 atom stereocenters. The Kier molecular flexibility index (Phi) is 3.12. The third-order valence-corrected chi connectivity index (χ3v) is 3.69. The molecule has 0 aliphatic heterocycles. The van der Waals surface area contributed by atoms with Crippen LogP contribution < -0.4 is 0 Å². The summed E-state index contributed by atoms with van der Waals surface area (Å²) in [5.41, 5.74) is 1.59. The summed E-state index contributed by atoms with van der Waals surface area (Å²) in [5.74, 6) is -1.32. The molecule has 1 unspecified atom stereocenters. The molecule has 1 fully saturated rings. The van der Waals surface area contributed by atoms with Crippen molar-refractivity contribution in [1.29, 1.82) is 0 Å². The number of carbonyl (C=O) groups excluding carboxylic acids is 1. The van der Waals surface area contributed by atoms with Gasteiger partial charge in [0, 0.05) is 17.9 Å². The average molecular weight is 288 g/mol. The second-order valence-electron chi connectivity index (χ2n) is 5.35. The van der Waals surface area contributed by atoms with Gasteiger partial charge in [-0.3, -0.25) is 4.79 Å². The van der Waals surface area contributed by atoms with Gasteiger partial charge in [0.25, 0.3) is 5.91 Å². The molecule has 2 aromatic heterocycles. The monoisotopic (exact) mass is 288 g/mol. The van der Waals surface area contributed by atoms with Crippen molar-refractivity contribution in [2.45, 2.75) is 38.8 Å². The second kappa shape index (κ2) is 4.83. The summed E-state index contributed by atoms with van der Waals surface area (Å²) in [6.07, 6.45) is 4.87. The first-order valence-electron chi connectivity index (χ1n) is 6.85. The van der Waals surface area contributed by atoms with Gasteiger partial charge >= 0.3 is 5.97 Å². The summed E-state index contributed by atoms with van der Waals surface area (Å²) in [7, 11) is 0. The zero-order valence-corrected chi connectivity index (χ0v) is 11.9. The third kappa shape index (κ3) is 2.35. The lowest BCUT2D eigenvalue weighted by molar-refractivity contribution is -0.141. The molecule has 0 spiro atoms. The molecule has 2 aromatic rings. The molecule has 1 amide bonds. The van der Waals surface area contributed by atoms with Gasteiger partial charge in [0.2, 0.25) is 0 Å². The number of carboxylic acids is 1. The Hall–Kier alpha value is -2.44. The maximum Gasteiger partial charge on any atom is 0.326 e. The van der Waals surface area contributed by atoms with Gasteiger partial charge in [0.1, 0.15) is 11.6 Å². The largest absolute Gasteiger partial charge is 0.480 e. The van der Waals surface area contributed by atoms with Crippen molar-refractivity contribution in [2.75, 3.05) is 0 Å². The highest BCUT2D eigenvalue weighted by atomic mass is 16.4. The van der Waals surface area contributed by atoms with Crippen molar-refractivity contribution in [3.05, 3.63) is 29.7 Å². The number of hydrogen-bond acceptors (Lipinski definition) is 4. The Morgan fingerprint density at radius 2 is 2.19 bits per heavy atom. The van der Waals surface area contributed by atoms with Gasteiger partial charge in [0.05, 0.1) is 6.20 Å². The highest BCUT2D eigenvalue weighted by molar-refractivity contribution is 6.01. The van der Waals surface area contributed by atoms with Gasteiger partial charge in [0.15, 0.2) is 5.65 Å². The lowest BCUT2D eigenvalue weighted by atomic mass is 10.2. The number of nitrogens with zero attached hydrogens (tertiary/aromatic N) is 4. The smallest absolute Gasteiger partial charge is 0.326 e. The van der Waals surface area contributed by atoms with E-state index in [1.54, 1.807) is 12.3 Å². The van der Waals surface area contributed by atoms with Gasteiger partial charge in [-0.1, -0.05) is 0 Å². The highest BCUT2D eigenvalue weighted by Crippen LogP contribution is 2.30. The van der Waals surface area contributed by atoms with Crippen LogP contribution in [0, 0.1) is 6.92 Å². The van der Waals surface area contributed by atoms with E-state index in [4.69, 9.17) is 0 Å². The number of aliphatic carboxylic acids is 1. The van der Waals surface area contributed by atoms with Crippen LogP contribution in [0.4, 0.5) is 0 Å². The molecule has 3 rings (SSSR count). The number of fused-ring (bicyclic) bond motifs is 1. The molecule has 7 heteroatoms. The molecule has 1 saturated carbocycles. The van der Waals surface area contributed by atoms with E-state index in [1.165, 1.54) is 22.5 Å². The molecule has 1 aliphatic rings. The number of aryl methyl sites for hydroxylation is 1. The number of amides is 1. The van der Waals surface area contributed by atoms with Crippen LogP contribution in [0.5, 0.6) is 0 Å². The Bertz CT molecular complexity index is 720. The minimum atomic E-state index is -1.00. The maximum absolute atomic E-state index is 12.7.